The fourth-order valence-electron chi connectivity index (χ4n) is 11.6. The van der Waals surface area contributed by atoms with Crippen LogP contribution in [0.3, 0.4) is 0 Å². The maximum atomic E-state index is 14.7. The number of aromatic nitrogens is 4. The molecule has 2 aliphatic carbocycles. The molecule has 382 valence electrons. The molecule has 10 rings (SSSR count). The van der Waals surface area contributed by atoms with Crippen molar-refractivity contribution in [3.8, 4) is 10.4 Å². The smallest absolute Gasteiger partial charge is 0.283 e. The van der Waals surface area contributed by atoms with Crippen LogP contribution in [-0.2, 0) is 27.3 Å². The van der Waals surface area contributed by atoms with E-state index in [-0.39, 0.29) is 43.8 Å². The molecule has 6 aromatic rings. The topological polar surface area (TPSA) is 154 Å². The van der Waals surface area contributed by atoms with E-state index in [1.165, 1.54) is 28.8 Å². The van der Waals surface area contributed by atoms with Crippen molar-refractivity contribution >= 4 is 72.7 Å². The molecule has 16 heteroatoms. The monoisotopic (exact) mass is 1060 g/mol. The lowest BCUT2D eigenvalue weighted by molar-refractivity contribution is -0.145. The highest BCUT2D eigenvalue weighted by Crippen LogP contribution is 2.41. The summed E-state index contributed by atoms with van der Waals surface area (Å²) in [5, 5.41) is 17.1. The highest BCUT2D eigenvalue weighted by Gasteiger charge is 2.53. The highest BCUT2D eigenvalue weighted by molar-refractivity contribution is 9.10. The first-order valence-electron chi connectivity index (χ1n) is 26.1. The van der Waals surface area contributed by atoms with Crippen molar-refractivity contribution in [1.82, 2.24) is 39.4 Å². The zero-order chi connectivity index (χ0) is 50.6. The van der Waals surface area contributed by atoms with Gasteiger partial charge in [-0.1, -0.05) is 64.8 Å². The van der Waals surface area contributed by atoms with Gasteiger partial charge in [-0.3, -0.25) is 23.6 Å². The van der Waals surface area contributed by atoms with Crippen molar-refractivity contribution in [2.45, 2.75) is 154 Å². The van der Waals surface area contributed by atoms with Gasteiger partial charge in [0, 0.05) is 30.0 Å². The fraction of sp³-hybridized carbons (Fsp3) is 0.536. The van der Waals surface area contributed by atoms with Crippen LogP contribution in [0.4, 0.5) is 4.39 Å². The summed E-state index contributed by atoms with van der Waals surface area (Å²) < 4.78 is 20.1. The molecular formula is C56H68BrFN8O5S. The van der Waals surface area contributed by atoms with Gasteiger partial charge in [-0.15, -0.1) is 11.3 Å². The fourth-order valence-corrected chi connectivity index (χ4v) is 13.0. The molecule has 13 nitrogen and oxygen atoms in total. The van der Waals surface area contributed by atoms with Gasteiger partial charge in [0.15, 0.2) is 5.67 Å². The van der Waals surface area contributed by atoms with E-state index in [2.05, 4.69) is 88.7 Å². The lowest BCUT2D eigenvalue weighted by Crippen LogP contribution is -2.59. The molecule has 3 aromatic heterocycles. The zero-order valence-electron chi connectivity index (χ0n) is 42.2. The molecule has 2 aliphatic heterocycles. The Morgan fingerprint density at radius 3 is 2.44 bits per heavy atom. The summed E-state index contributed by atoms with van der Waals surface area (Å²) in [6, 6.07) is 17.6. The number of carbonyl (C=O) groups excluding carboxylic acids is 3. The van der Waals surface area contributed by atoms with Crippen LogP contribution >= 0.6 is 27.3 Å². The Kier molecular flexibility index (Phi) is 14.3. The Morgan fingerprint density at radius 2 is 1.74 bits per heavy atom. The van der Waals surface area contributed by atoms with E-state index in [0.29, 0.717) is 23.3 Å². The van der Waals surface area contributed by atoms with Crippen LogP contribution in [0.5, 0.6) is 0 Å². The van der Waals surface area contributed by atoms with E-state index in [1.54, 1.807) is 32.1 Å². The lowest BCUT2D eigenvalue weighted by atomic mass is 9.85. The number of hydrogen-bond donors (Lipinski definition) is 3. The van der Waals surface area contributed by atoms with Crippen LogP contribution in [0.1, 0.15) is 133 Å². The van der Waals surface area contributed by atoms with Gasteiger partial charge in [-0.25, -0.2) is 9.37 Å². The third-order valence-electron chi connectivity index (χ3n) is 16.2. The number of rotatable bonds is 15. The number of hydrogen-bond acceptors (Lipinski definition) is 9. The number of halogens is 2. The summed E-state index contributed by atoms with van der Waals surface area (Å²) in [4.78, 5) is 68.6. The van der Waals surface area contributed by atoms with Crippen LogP contribution in [0.25, 0.3) is 38.2 Å². The van der Waals surface area contributed by atoms with Crippen LogP contribution < -0.4 is 16.2 Å². The number of benzene rings is 3. The third-order valence-corrected chi connectivity index (χ3v) is 17.8. The van der Waals surface area contributed by atoms with Crippen molar-refractivity contribution in [2.75, 3.05) is 26.2 Å². The van der Waals surface area contributed by atoms with Gasteiger partial charge in [-0.2, -0.15) is 4.98 Å². The van der Waals surface area contributed by atoms with E-state index in [1.807, 2.05) is 30.6 Å². The van der Waals surface area contributed by atoms with Crippen molar-refractivity contribution in [2.24, 2.45) is 11.3 Å². The van der Waals surface area contributed by atoms with Crippen molar-refractivity contribution in [3.05, 3.63) is 97.3 Å². The summed E-state index contributed by atoms with van der Waals surface area (Å²) in [5.74, 6) is -0.0260. The SMILES string of the molecule is Cc1ncsc1-c1ccc(CNC(=O)[C@@H]2C[C@@H](O)CN2C(=O)[C@@H](NC(=O)C2(F)CC2)C(C)(C)C)c(CC[C@H](C)CCN2CCC(c3ccc4c(c3)n(C3CCCC3)c3nc(=O)c5c(Br)cccc5n43)CC2)c1. The van der Waals surface area contributed by atoms with Crippen LogP contribution in [0.2, 0.25) is 0 Å². The molecule has 0 spiro atoms. The summed E-state index contributed by atoms with van der Waals surface area (Å²) in [6.07, 6.45) is 9.03. The molecule has 72 heavy (non-hydrogen) atoms. The van der Waals surface area contributed by atoms with Crippen LogP contribution in [0.15, 0.2) is 69.4 Å². The van der Waals surface area contributed by atoms with Gasteiger partial charge >= 0.3 is 0 Å². The van der Waals surface area contributed by atoms with Crippen molar-refractivity contribution in [3.63, 3.8) is 0 Å². The number of imidazole rings is 1. The average molecular weight is 1060 g/mol. The second-order valence-corrected chi connectivity index (χ2v) is 24.1. The molecule has 2 saturated heterocycles. The highest BCUT2D eigenvalue weighted by atomic mass is 79.9. The molecule has 0 unspecified atom stereocenters. The Balaban J connectivity index is 0.778. The minimum atomic E-state index is -1.95. The number of amides is 3. The van der Waals surface area contributed by atoms with E-state index in [9.17, 15) is 28.7 Å². The van der Waals surface area contributed by atoms with Gasteiger partial charge in [0.05, 0.1) is 44.1 Å². The van der Waals surface area contributed by atoms with Gasteiger partial charge in [0.1, 0.15) is 12.1 Å². The number of aliphatic hydroxyl groups excluding tert-OH is 1. The van der Waals surface area contributed by atoms with Crippen LogP contribution in [0, 0.1) is 18.3 Å². The van der Waals surface area contributed by atoms with E-state index in [4.69, 9.17) is 4.98 Å². The number of β-amino-alcohol motifs (C(OH)–C–C–N with tert-alkyl or cyclic N) is 1. The predicted molar refractivity (Wildman–Crippen MR) is 285 cm³/mol. The molecule has 5 heterocycles. The number of fused-ring (bicyclic) bond motifs is 5. The number of piperidine rings is 1. The number of nitrogens with one attached hydrogen (secondary N) is 2. The second kappa shape index (κ2) is 20.4. The zero-order valence-corrected chi connectivity index (χ0v) is 44.6. The normalized spacial score (nSPS) is 20.7. The Morgan fingerprint density at radius 1 is 0.972 bits per heavy atom. The first kappa shape index (κ1) is 50.5. The van der Waals surface area contributed by atoms with E-state index < -0.39 is 41.1 Å². The minimum Gasteiger partial charge on any atom is -0.391 e. The summed E-state index contributed by atoms with van der Waals surface area (Å²) in [7, 11) is 0. The molecule has 0 radical (unpaired) electrons. The second-order valence-electron chi connectivity index (χ2n) is 22.4. The van der Waals surface area contributed by atoms with Gasteiger partial charge in [-0.05, 0) is 170 Å². The van der Waals surface area contributed by atoms with E-state index in [0.717, 1.165) is 113 Å². The van der Waals surface area contributed by atoms with Gasteiger partial charge < -0.3 is 30.1 Å². The standard InChI is InChI=1S/C56H68BrFN8O5S/c1-33(19-24-63-25-20-35(21-26-63)37-17-18-43-45(28-37)65(40-9-6-7-10-40)54-62-51(69)47-42(57)11-8-12-44(47)66(43)54)13-14-36-27-38(48-34(2)60-32-72-48)15-16-39(36)30-59-50(68)46-29-41(67)31-64(46)52(70)49(55(3,4)5)61-53(71)56(58)22-23-56/h8,11-12,15-18,27-28,32-33,35,40-41,46,49,67H,6-7,9-10,13-14,19-26,29-31H2,1-5H3,(H,59,68)(H,61,71)/t33-,41+,46-,49+/m0/s1. The molecule has 0 bridgehead atoms. The predicted octanol–water partition coefficient (Wildman–Crippen LogP) is 9.56. The van der Waals surface area contributed by atoms with Gasteiger partial charge in [0.25, 0.3) is 11.5 Å². The minimum absolute atomic E-state index is 0.0482. The molecular weight excluding hydrogens is 996 g/mol. The molecule has 4 atom stereocenters. The summed E-state index contributed by atoms with van der Waals surface area (Å²) in [5.41, 5.74) is 7.67. The van der Waals surface area contributed by atoms with Crippen molar-refractivity contribution in [1.29, 1.82) is 0 Å². The Hall–Kier alpha value is -5.03. The van der Waals surface area contributed by atoms with Gasteiger partial charge in [0.2, 0.25) is 17.6 Å². The maximum absolute atomic E-state index is 14.7. The molecule has 3 N–H and O–H groups in total. The first-order chi connectivity index (χ1) is 34.5. The average Bonchev–Trinajstić information content (AvgIpc) is 3.81. The Labute approximate surface area is 433 Å². The maximum Gasteiger partial charge on any atom is 0.283 e. The molecule has 4 fully saturated rings. The number of thiazole rings is 1. The lowest BCUT2D eigenvalue weighted by Gasteiger charge is -2.35. The number of carbonyl (C=O) groups is 3. The van der Waals surface area contributed by atoms with Crippen LogP contribution in [-0.4, -0.2) is 102 Å². The van der Waals surface area contributed by atoms with Crippen molar-refractivity contribution < 1.29 is 23.9 Å². The third kappa shape index (κ3) is 10.1. The number of aryl methyl sites for hydroxylation is 2. The quantitative estimate of drug-likeness (QED) is 0.0920. The molecule has 3 aromatic carbocycles. The number of alkyl halides is 1. The number of nitrogens with zero attached hydrogens (tertiary/aromatic N) is 6. The largest absolute Gasteiger partial charge is 0.391 e. The summed E-state index contributed by atoms with van der Waals surface area (Å²) in [6.45, 7) is 13.0. The first-order valence-corrected chi connectivity index (χ1v) is 27.8. The number of likely N-dealkylation sites (tertiary alicyclic amines) is 2. The summed E-state index contributed by atoms with van der Waals surface area (Å²) >= 11 is 5.23. The van der Waals surface area contributed by atoms with E-state index >= 15 is 0 Å². The molecule has 2 saturated carbocycles. The number of aliphatic hydroxyl groups is 1. The molecule has 4 aliphatic rings. The Bertz CT molecular complexity index is 3090. The molecule has 3 amide bonds.